The first kappa shape index (κ1) is 17.0. The van der Waals surface area contributed by atoms with E-state index >= 15 is 0 Å². The molecule has 0 saturated heterocycles. The van der Waals surface area contributed by atoms with Crippen molar-refractivity contribution >= 4 is 11.8 Å². The maximum Gasteiger partial charge on any atom is 0.00744 e. The lowest BCUT2D eigenvalue weighted by Crippen LogP contribution is -1.83. The minimum absolute atomic E-state index is 0.831. The van der Waals surface area contributed by atoms with Gasteiger partial charge >= 0.3 is 0 Å². The number of fused-ring (bicyclic) bond motifs is 4. The minimum atomic E-state index is 0.831. The Kier molecular flexibility index (Phi) is 6.40. The van der Waals surface area contributed by atoms with E-state index in [0.717, 1.165) is 24.0 Å². The van der Waals surface area contributed by atoms with Gasteiger partial charge in [-0.05, 0) is 33.8 Å². The fourth-order valence-corrected chi connectivity index (χ4v) is 2.97. The summed E-state index contributed by atoms with van der Waals surface area (Å²) < 4.78 is 0. The zero-order valence-electron chi connectivity index (χ0n) is 13.9. The predicted octanol–water partition coefficient (Wildman–Crippen LogP) is 5.95. The van der Waals surface area contributed by atoms with Gasteiger partial charge in [-0.1, -0.05) is 84.8 Å². The maximum absolute atomic E-state index is 3.19. The van der Waals surface area contributed by atoms with Crippen LogP contribution in [0.1, 0.15) is 12.8 Å². The zero-order valence-corrected chi connectivity index (χ0v) is 14.7. The highest BCUT2D eigenvalue weighted by Gasteiger charge is 2.00. The molecule has 4 bridgehead atoms. The van der Waals surface area contributed by atoms with Gasteiger partial charge in [0.05, 0.1) is 0 Å². The van der Waals surface area contributed by atoms with Crippen LogP contribution in [0.3, 0.4) is 0 Å². The molecule has 25 heavy (non-hydrogen) atoms. The SMILES string of the molecule is C1#CC2=CC=CC=C(/C=C\S/C=C\C=C\C3=CC=CC=C(C#C1)C3)C2. The van der Waals surface area contributed by atoms with Gasteiger partial charge in [0, 0.05) is 24.0 Å². The third kappa shape index (κ3) is 5.92. The number of hydrogen-bond donors (Lipinski definition) is 0. The van der Waals surface area contributed by atoms with Crippen LogP contribution in [0.4, 0.5) is 0 Å². The fourth-order valence-electron chi connectivity index (χ4n) is 2.44. The lowest BCUT2D eigenvalue weighted by atomic mass is 10.1. The topological polar surface area (TPSA) is 0 Å². The molecule has 1 aliphatic heterocycles. The molecule has 0 nitrogen and oxygen atoms in total. The van der Waals surface area contributed by atoms with Gasteiger partial charge in [-0.25, -0.2) is 0 Å². The van der Waals surface area contributed by atoms with Crippen LogP contribution >= 0.6 is 11.8 Å². The predicted molar refractivity (Wildman–Crippen MR) is 110 cm³/mol. The van der Waals surface area contributed by atoms with Crippen molar-refractivity contribution in [2.75, 3.05) is 0 Å². The van der Waals surface area contributed by atoms with Gasteiger partial charge in [0.15, 0.2) is 0 Å². The van der Waals surface area contributed by atoms with Crippen LogP contribution in [0.2, 0.25) is 0 Å². The molecule has 0 N–H and O–H groups in total. The van der Waals surface area contributed by atoms with Crippen LogP contribution in [0.25, 0.3) is 0 Å². The van der Waals surface area contributed by atoms with E-state index in [-0.39, 0.29) is 0 Å². The van der Waals surface area contributed by atoms with Gasteiger partial charge in [-0.15, -0.1) is 11.8 Å². The van der Waals surface area contributed by atoms with Crippen molar-refractivity contribution in [3.05, 3.63) is 106 Å². The van der Waals surface area contributed by atoms with Crippen LogP contribution < -0.4 is 0 Å². The Morgan fingerprint density at radius 2 is 1.20 bits per heavy atom. The van der Waals surface area contributed by atoms with Gasteiger partial charge in [0.25, 0.3) is 0 Å². The van der Waals surface area contributed by atoms with Crippen LogP contribution in [0, 0.1) is 23.7 Å². The van der Waals surface area contributed by atoms with E-state index in [1.54, 1.807) is 11.8 Å². The van der Waals surface area contributed by atoms with Gasteiger partial charge in [0.2, 0.25) is 0 Å². The van der Waals surface area contributed by atoms with Crippen LogP contribution in [0.5, 0.6) is 0 Å². The molecule has 0 fully saturated rings. The summed E-state index contributed by atoms with van der Waals surface area (Å²) in [5, 5.41) is 4.19. The molecule has 1 heteroatoms. The summed E-state index contributed by atoms with van der Waals surface area (Å²) in [6, 6.07) is 0. The molecular weight excluding hydrogens is 320 g/mol. The largest absolute Gasteiger partial charge is 0.106 e. The summed E-state index contributed by atoms with van der Waals surface area (Å²) in [6.45, 7) is 0. The van der Waals surface area contributed by atoms with Crippen LogP contribution in [0.15, 0.2) is 106 Å². The van der Waals surface area contributed by atoms with Gasteiger partial charge < -0.3 is 0 Å². The van der Waals surface area contributed by atoms with E-state index in [9.17, 15) is 0 Å². The molecule has 0 radical (unpaired) electrons. The van der Waals surface area contributed by atoms with Crippen LogP contribution in [-0.4, -0.2) is 0 Å². The normalized spacial score (nSPS) is 22.7. The Morgan fingerprint density at radius 3 is 1.88 bits per heavy atom. The molecule has 0 spiro atoms. The average Bonchev–Trinajstić information content (AvgIpc) is 2.98. The number of hydrogen-bond acceptors (Lipinski definition) is 1. The van der Waals surface area contributed by atoms with Gasteiger partial charge in [-0.3, -0.25) is 0 Å². The van der Waals surface area contributed by atoms with Gasteiger partial charge in [-0.2, -0.15) is 0 Å². The molecule has 120 valence electrons. The van der Waals surface area contributed by atoms with E-state index in [2.05, 4.69) is 95.3 Å². The molecule has 0 saturated carbocycles. The second-order valence-corrected chi connectivity index (χ2v) is 6.43. The fraction of sp³-hybridized carbons (Fsp3) is 0.0833. The van der Waals surface area contributed by atoms with E-state index in [1.165, 1.54) is 11.1 Å². The quantitative estimate of drug-likeness (QED) is 0.492. The smallest absolute Gasteiger partial charge is 0.00744 e. The monoisotopic (exact) mass is 338 g/mol. The van der Waals surface area contributed by atoms with Crippen molar-refractivity contribution in [2.24, 2.45) is 0 Å². The standard InChI is InChI=1S/C24H18S/c1-3-11-22-12-5-6-14-24(20-22)16-18-25-17-8-7-15-23-13-4-2-10-21(9-1)19-23/h2,4-8,10,12-18H,19-20H2/b15-7+,17-8-,18-16-. The van der Waals surface area contributed by atoms with Gasteiger partial charge in [0.1, 0.15) is 0 Å². The Hall–Kier alpha value is -2.87. The highest BCUT2D eigenvalue weighted by Crippen LogP contribution is 2.18. The molecule has 0 aromatic carbocycles. The molecule has 0 unspecified atom stereocenters. The summed E-state index contributed by atoms with van der Waals surface area (Å²) in [6.07, 6.45) is 26.6. The first-order valence-corrected chi connectivity index (χ1v) is 9.14. The summed E-state index contributed by atoms with van der Waals surface area (Å²) in [5.74, 6) is 12.4. The molecule has 3 rings (SSSR count). The van der Waals surface area contributed by atoms with Crippen molar-refractivity contribution in [1.82, 2.24) is 0 Å². The summed E-state index contributed by atoms with van der Waals surface area (Å²) >= 11 is 1.67. The molecule has 0 atom stereocenters. The molecule has 2 aliphatic carbocycles. The van der Waals surface area contributed by atoms with Crippen molar-refractivity contribution in [3.8, 4) is 23.7 Å². The minimum Gasteiger partial charge on any atom is -0.106 e. The Morgan fingerprint density at radius 1 is 0.600 bits per heavy atom. The summed E-state index contributed by atoms with van der Waals surface area (Å²) in [5.41, 5.74) is 4.65. The van der Waals surface area contributed by atoms with Crippen molar-refractivity contribution in [2.45, 2.75) is 12.8 Å². The molecule has 1 heterocycles. The molecule has 0 aromatic rings. The third-order valence-corrected chi connectivity index (χ3v) is 4.28. The molecular formula is C24H18S. The average molecular weight is 338 g/mol. The Labute approximate surface area is 154 Å². The summed E-state index contributed by atoms with van der Waals surface area (Å²) in [7, 11) is 0. The number of allylic oxidation sites excluding steroid dienone is 16. The molecule has 0 amide bonds. The highest BCUT2D eigenvalue weighted by atomic mass is 32.2. The summed E-state index contributed by atoms with van der Waals surface area (Å²) in [4.78, 5) is 0. The zero-order chi connectivity index (χ0) is 17.2. The second kappa shape index (κ2) is 9.43. The molecule has 3 aliphatic rings. The van der Waals surface area contributed by atoms with Crippen LogP contribution in [-0.2, 0) is 0 Å². The van der Waals surface area contributed by atoms with Crippen molar-refractivity contribution < 1.29 is 0 Å². The van der Waals surface area contributed by atoms with E-state index in [1.807, 2.05) is 12.2 Å². The van der Waals surface area contributed by atoms with Crippen molar-refractivity contribution in [1.29, 1.82) is 0 Å². The lowest BCUT2D eigenvalue weighted by molar-refractivity contribution is 1.23. The molecule has 0 aromatic heterocycles. The van der Waals surface area contributed by atoms with E-state index < -0.39 is 0 Å². The third-order valence-electron chi connectivity index (χ3n) is 3.67. The highest BCUT2D eigenvalue weighted by molar-refractivity contribution is 8.04. The van der Waals surface area contributed by atoms with Crippen molar-refractivity contribution in [3.63, 3.8) is 0 Å². The van der Waals surface area contributed by atoms with E-state index in [4.69, 9.17) is 0 Å². The Bertz CT molecular complexity index is 914. The first-order chi connectivity index (χ1) is 12.4. The lowest BCUT2D eigenvalue weighted by Gasteiger charge is -1.98. The Balaban J connectivity index is 1.90. The number of thioether (sulfide) groups is 1. The number of rotatable bonds is 0. The second-order valence-electron chi connectivity index (χ2n) is 5.62. The van der Waals surface area contributed by atoms with E-state index in [0.29, 0.717) is 0 Å². The first-order valence-electron chi connectivity index (χ1n) is 8.20. The maximum atomic E-state index is 3.19.